The van der Waals surface area contributed by atoms with E-state index in [0.717, 1.165) is 25.3 Å². The summed E-state index contributed by atoms with van der Waals surface area (Å²) in [5.41, 5.74) is 0. The van der Waals surface area contributed by atoms with E-state index in [1.807, 2.05) is 4.90 Å². The molecule has 5 nitrogen and oxygen atoms in total. The van der Waals surface area contributed by atoms with Crippen LogP contribution in [-0.4, -0.2) is 60.5 Å². The highest BCUT2D eigenvalue weighted by molar-refractivity contribution is 5.84. The van der Waals surface area contributed by atoms with Gasteiger partial charge in [-0.25, -0.2) is 0 Å². The van der Waals surface area contributed by atoms with Crippen LogP contribution in [0.3, 0.4) is 0 Å². The quantitative estimate of drug-likeness (QED) is 0.799. The topological polar surface area (TPSA) is 49.9 Å². The normalized spacial score (nSPS) is 31.6. The maximum atomic E-state index is 12.7. The van der Waals surface area contributed by atoms with Crippen molar-refractivity contribution in [2.24, 2.45) is 11.8 Å². The van der Waals surface area contributed by atoms with Crippen LogP contribution in [0.5, 0.6) is 0 Å². The largest absolute Gasteiger partial charge is 0.378 e. The lowest BCUT2D eigenvalue weighted by Crippen LogP contribution is -2.52. The third-order valence-electron chi connectivity index (χ3n) is 5.98. The van der Waals surface area contributed by atoms with Gasteiger partial charge in [-0.05, 0) is 31.1 Å². The molecule has 130 valence electrons. The van der Waals surface area contributed by atoms with Crippen molar-refractivity contribution in [1.82, 2.24) is 9.80 Å². The minimum Gasteiger partial charge on any atom is -0.378 e. The van der Waals surface area contributed by atoms with Gasteiger partial charge in [0.25, 0.3) is 0 Å². The summed E-state index contributed by atoms with van der Waals surface area (Å²) in [6.07, 6.45) is 6.80. The molecule has 23 heavy (non-hydrogen) atoms. The summed E-state index contributed by atoms with van der Waals surface area (Å²) in [4.78, 5) is 28.8. The lowest BCUT2D eigenvalue weighted by molar-refractivity contribution is -0.143. The summed E-state index contributed by atoms with van der Waals surface area (Å²) < 4.78 is 5.27. The first-order chi connectivity index (χ1) is 11.2. The summed E-state index contributed by atoms with van der Waals surface area (Å²) in [5.74, 6) is 1.71. The number of piperidine rings is 1. The van der Waals surface area contributed by atoms with E-state index in [-0.39, 0.29) is 11.8 Å². The van der Waals surface area contributed by atoms with Gasteiger partial charge in [0.15, 0.2) is 0 Å². The molecule has 3 aliphatic rings. The molecule has 0 bridgehead atoms. The lowest BCUT2D eigenvalue weighted by atomic mass is 9.72. The molecule has 0 N–H and O–H groups in total. The number of ether oxygens (including phenoxy) is 1. The highest BCUT2D eigenvalue weighted by Gasteiger charge is 2.39. The Bertz CT molecular complexity index is 434. The standard InChI is InChI=1S/C18H30N2O3/c1-14-8-9-20(16-5-3-2-4-15(14)16)18(22)7-6-17(21)19-10-12-23-13-11-19/h14-16H,2-13H2,1H3/t14-,15-,16-/m1/s1. The Balaban J connectivity index is 1.52. The van der Waals surface area contributed by atoms with Crippen LogP contribution in [0.2, 0.25) is 0 Å². The summed E-state index contributed by atoms with van der Waals surface area (Å²) in [7, 11) is 0. The second kappa shape index (κ2) is 7.65. The fourth-order valence-corrected chi connectivity index (χ4v) is 4.55. The molecule has 0 aromatic rings. The van der Waals surface area contributed by atoms with Crippen LogP contribution in [0.4, 0.5) is 0 Å². The Morgan fingerprint density at radius 2 is 1.65 bits per heavy atom. The van der Waals surface area contributed by atoms with Crippen molar-refractivity contribution >= 4 is 11.8 Å². The van der Waals surface area contributed by atoms with E-state index in [0.29, 0.717) is 51.1 Å². The lowest BCUT2D eigenvalue weighted by Gasteiger charge is -2.47. The molecular formula is C18H30N2O3. The van der Waals surface area contributed by atoms with Crippen molar-refractivity contribution in [2.75, 3.05) is 32.8 Å². The van der Waals surface area contributed by atoms with E-state index >= 15 is 0 Å². The molecule has 2 aliphatic heterocycles. The molecule has 3 rings (SSSR count). The summed E-state index contributed by atoms with van der Waals surface area (Å²) in [5, 5.41) is 0. The zero-order valence-corrected chi connectivity index (χ0v) is 14.3. The van der Waals surface area contributed by atoms with Gasteiger partial charge in [-0.15, -0.1) is 0 Å². The third-order valence-corrected chi connectivity index (χ3v) is 5.98. The minimum absolute atomic E-state index is 0.104. The van der Waals surface area contributed by atoms with Crippen LogP contribution in [-0.2, 0) is 14.3 Å². The van der Waals surface area contributed by atoms with Gasteiger partial charge in [-0.2, -0.15) is 0 Å². The summed E-state index contributed by atoms with van der Waals surface area (Å²) >= 11 is 0. The van der Waals surface area contributed by atoms with Crippen LogP contribution in [0.15, 0.2) is 0 Å². The first-order valence-corrected chi connectivity index (χ1v) is 9.32. The molecular weight excluding hydrogens is 292 g/mol. The van der Waals surface area contributed by atoms with Crippen molar-refractivity contribution < 1.29 is 14.3 Å². The smallest absolute Gasteiger partial charge is 0.223 e. The first kappa shape index (κ1) is 16.7. The average Bonchev–Trinajstić information content (AvgIpc) is 2.60. The third kappa shape index (κ3) is 3.87. The number of carbonyl (C=O) groups is 2. The van der Waals surface area contributed by atoms with Crippen LogP contribution < -0.4 is 0 Å². The van der Waals surface area contributed by atoms with E-state index in [1.54, 1.807) is 0 Å². The van der Waals surface area contributed by atoms with E-state index in [9.17, 15) is 9.59 Å². The number of fused-ring (bicyclic) bond motifs is 1. The molecule has 1 saturated carbocycles. The zero-order chi connectivity index (χ0) is 16.2. The average molecular weight is 322 g/mol. The predicted octanol–water partition coefficient (Wildman–Crippen LogP) is 2.05. The van der Waals surface area contributed by atoms with E-state index in [2.05, 4.69) is 11.8 Å². The van der Waals surface area contributed by atoms with Crippen LogP contribution in [0, 0.1) is 11.8 Å². The second-order valence-corrected chi connectivity index (χ2v) is 7.36. The van der Waals surface area contributed by atoms with Crippen molar-refractivity contribution in [3.8, 4) is 0 Å². The van der Waals surface area contributed by atoms with E-state index in [1.165, 1.54) is 19.3 Å². The number of amides is 2. The van der Waals surface area contributed by atoms with E-state index in [4.69, 9.17) is 4.74 Å². The van der Waals surface area contributed by atoms with Crippen LogP contribution in [0.25, 0.3) is 0 Å². The van der Waals surface area contributed by atoms with Crippen molar-refractivity contribution in [3.05, 3.63) is 0 Å². The molecule has 2 saturated heterocycles. The monoisotopic (exact) mass is 322 g/mol. The molecule has 0 aromatic carbocycles. The molecule has 2 amide bonds. The zero-order valence-electron chi connectivity index (χ0n) is 14.3. The van der Waals surface area contributed by atoms with E-state index < -0.39 is 0 Å². The number of carbonyl (C=O) groups excluding carboxylic acids is 2. The highest BCUT2D eigenvalue weighted by Crippen LogP contribution is 2.39. The molecule has 1 aliphatic carbocycles. The van der Waals surface area contributed by atoms with Gasteiger partial charge in [-0.3, -0.25) is 9.59 Å². The van der Waals surface area contributed by atoms with Crippen molar-refractivity contribution in [1.29, 1.82) is 0 Å². The number of hydrogen-bond donors (Lipinski definition) is 0. The fourth-order valence-electron chi connectivity index (χ4n) is 4.55. The van der Waals surface area contributed by atoms with Gasteiger partial charge in [0.1, 0.15) is 0 Å². The fraction of sp³-hybridized carbons (Fsp3) is 0.889. The molecule has 0 unspecified atom stereocenters. The van der Waals surface area contributed by atoms with Gasteiger partial charge in [0.05, 0.1) is 13.2 Å². The van der Waals surface area contributed by atoms with Gasteiger partial charge in [0, 0.05) is 38.5 Å². The number of morpholine rings is 1. The Morgan fingerprint density at radius 3 is 2.43 bits per heavy atom. The van der Waals surface area contributed by atoms with Gasteiger partial charge >= 0.3 is 0 Å². The van der Waals surface area contributed by atoms with Crippen molar-refractivity contribution in [2.45, 2.75) is 57.9 Å². The maximum absolute atomic E-state index is 12.7. The number of nitrogens with zero attached hydrogens (tertiary/aromatic N) is 2. The van der Waals surface area contributed by atoms with Gasteiger partial charge in [0.2, 0.25) is 11.8 Å². The Labute approximate surface area is 139 Å². The second-order valence-electron chi connectivity index (χ2n) is 7.36. The maximum Gasteiger partial charge on any atom is 0.223 e. The first-order valence-electron chi connectivity index (χ1n) is 9.32. The molecule has 0 radical (unpaired) electrons. The summed E-state index contributed by atoms with van der Waals surface area (Å²) in [6.45, 7) is 5.79. The van der Waals surface area contributed by atoms with Crippen molar-refractivity contribution in [3.63, 3.8) is 0 Å². The molecule has 3 fully saturated rings. The SMILES string of the molecule is C[C@@H]1CCN(C(=O)CCC(=O)N2CCOCC2)[C@@H]2CCCC[C@H]12. The Hall–Kier alpha value is -1.10. The molecule has 2 heterocycles. The van der Waals surface area contributed by atoms with Crippen LogP contribution in [0.1, 0.15) is 51.9 Å². The number of likely N-dealkylation sites (tertiary alicyclic amines) is 1. The number of hydrogen-bond acceptors (Lipinski definition) is 3. The minimum atomic E-state index is 0.104. The molecule has 0 aromatic heterocycles. The van der Waals surface area contributed by atoms with Gasteiger partial charge < -0.3 is 14.5 Å². The molecule has 5 heteroatoms. The van der Waals surface area contributed by atoms with Crippen LogP contribution >= 0.6 is 0 Å². The number of rotatable bonds is 3. The Morgan fingerprint density at radius 1 is 0.957 bits per heavy atom. The van der Waals surface area contributed by atoms with Gasteiger partial charge in [-0.1, -0.05) is 19.8 Å². The predicted molar refractivity (Wildman–Crippen MR) is 87.9 cm³/mol. The summed E-state index contributed by atoms with van der Waals surface area (Å²) in [6, 6.07) is 0.429. The highest BCUT2D eigenvalue weighted by atomic mass is 16.5. The Kier molecular flexibility index (Phi) is 5.57. The molecule has 0 spiro atoms. The molecule has 3 atom stereocenters.